The average molecular weight is 520 g/mol. The van der Waals surface area contributed by atoms with Gasteiger partial charge in [-0.2, -0.15) is 10.6 Å². The van der Waals surface area contributed by atoms with E-state index in [1.54, 1.807) is 0 Å². The van der Waals surface area contributed by atoms with Crippen LogP contribution in [-0.4, -0.2) is 73.5 Å². The summed E-state index contributed by atoms with van der Waals surface area (Å²) in [6.07, 6.45) is 3.22. The zero-order valence-corrected chi connectivity index (χ0v) is 21.4. The Hall–Kier alpha value is -2.02. The predicted octanol–water partition coefficient (Wildman–Crippen LogP) is 3.55. The number of benzene rings is 1. The first-order valence-corrected chi connectivity index (χ1v) is 14.1. The van der Waals surface area contributed by atoms with Crippen molar-refractivity contribution < 1.29 is 18.9 Å². The van der Waals surface area contributed by atoms with Crippen LogP contribution in [0, 0.1) is 0 Å². The molecule has 190 valence electrons. The minimum Gasteiger partial charge on any atom is -0.395 e. The molecule has 0 amide bonds. The molecule has 1 aromatic heterocycles. The van der Waals surface area contributed by atoms with E-state index in [4.69, 9.17) is 32.0 Å². The molecule has 11 heteroatoms. The number of nitrogens with one attached hydrogen (secondary N) is 2. The van der Waals surface area contributed by atoms with Gasteiger partial charge in [-0.15, -0.1) is 0 Å². The summed E-state index contributed by atoms with van der Waals surface area (Å²) >= 11 is 5.24. The van der Waals surface area contributed by atoms with E-state index in [9.17, 15) is 9.11 Å². The normalized spacial score (nSPS) is 21.9. The van der Waals surface area contributed by atoms with Gasteiger partial charge in [-0.1, -0.05) is 0 Å². The van der Waals surface area contributed by atoms with Crippen molar-refractivity contribution in [1.29, 1.82) is 0 Å². The second-order valence-corrected chi connectivity index (χ2v) is 12.6. The number of rotatable bonds is 8. The van der Waals surface area contributed by atoms with E-state index in [1.165, 1.54) is 0 Å². The van der Waals surface area contributed by atoms with Gasteiger partial charge in [-0.05, 0) is 69.1 Å². The van der Waals surface area contributed by atoms with Crippen LogP contribution < -0.4 is 15.5 Å². The number of aliphatic hydroxyl groups excluding tert-OH is 1. The van der Waals surface area contributed by atoms with Crippen molar-refractivity contribution in [3.63, 3.8) is 0 Å². The predicted molar refractivity (Wildman–Crippen MR) is 143 cm³/mol. The van der Waals surface area contributed by atoms with Gasteiger partial charge in [0.15, 0.2) is 10.9 Å². The maximum atomic E-state index is 11.2. The van der Waals surface area contributed by atoms with Crippen molar-refractivity contribution in [1.82, 2.24) is 15.3 Å². The van der Waals surface area contributed by atoms with Gasteiger partial charge in [0.05, 0.1) is 31.6 Å². The Morgan fingerprint density at radius 3 is 2.60 bits per heavy atom. The van der Waals surface area contributed by atoms with Crippen molar-refractivity contribution in [3.8, 4) is 11.4 Å². The number of hydrogen-bond acceptors (Lipinski definition) is 8. The highest BCUT2D eigenvalue weighted by Gasteiger charge is 2.61. The molecule has 2 heterocycles. The maximum Gasteiger partial charge on any atom is 0.170 e. The Bertz CT molecular complexity index is 1080. The second kappa shape index (κ2) is 9.79. The minimum atomic E-state index is -2.78. The molecule has 1 aliphatic heterocycles. The van der Waals surface area contributed by atoms with E-state index in [1.807, 2.05) is 30.3 Å². The molecular weight excluding hydrogens is 486 g/mol. The lowest BCUT2D eigenvalue weighted by Gasteiger charge is -2.41. The summed E-state index contributed by atoms with van der Waals surface area (Å²) in [5, 5.41) is 15.4. The number of nitrogens with zero attached hydrogens (tertiary/aromatic N) is 3. The van der Waals surface area contributed by atoms with Crippen molar-refractivity contribution >= 4 is 39.4 Å². The molecule has 0 bridgehead atoms. The monoisotopic (exact) mass is 519 g/mol. The number of aliphatic hydroxyl groups is 1. The van der Waals surface area contributed by atoms with Gasteiger partial charge in [0.2, 0.25) is 0 Å². The summed E-state index contributed by atoms with van der Waals surface area (Å²) in [7, 11) is -2.78. The number of hydrogen-bond donors (Lipinski definition) is 5. The molecule has 0 unspecified atom stereocenters. The first-order valence-electron chi connectivity index (χ1n) is 12.1. The number of morpholine rings is 1. The highest BCUT2D eigenvalue weighted by molar-refractivity contribution is 8.26. The zero-order chi connectivity index (χ0) is 24.6. The molecule has 9 nitrogen and oxygen atoms in total. The van der Waals surface area contributed by atoms with E-state index in [0.717, 1.165) is 55.0 Å². The van der Waals surface area contributed by atoms with Crippen LogP contribution in [0.1, 0.15) is 38.3 Å². The molecule has 5 N–H and O–H groups in total. The van der Waals surface area contributed by atoms with Crippen LogP contribution in [0.5, 0.6) is 0 Å². The summed E-state index contributed by atoms with van der Waals surface area (Å²) in [5.74, 6) is 1.37. The standard InChI is InChI=1S/C24H33N5O4S2/c1-16-15-33-13-11-29(16)21-14-20(24(8-9-24)35(31,32)19-6-7-19)27-22(28-21)17-2-4-18(5-3-17)26-23(34)25-10-12-30/h2-5,14,16,19,30-32H,6-13,15H2,1H3,(H2,25,26,34)/t16-/m0/s1. The molecule has 3 fully saturated rings. The van der Waals surface area contributed by atoms with Crippen molar-refractivity contribution in [3.05, 3.63) is 36.0 Å². The van der Waals surface area contributed by atoms with Gasteiger partial charge in [0.1, 0.15) is 10.6 Å². The van der Waals surface area contributed by atoms with Gasteiger partial charge in [0.25, 0.3) is 0 Å². The highest BCUT2D eigenvalue weighted by Crippen LogP contribution is 2.77. The van der Waals surface area contributed by atoms with Gasteiger partial charge >= 0.3 is 0 Å². The van der Waals surface area contributed by atoms with Gasteiger partial charge in [-0.3, -0.25) is 9.11 Å². The molecule has 2 saturated carbocycles. The summed E-state index contributed by atoms with van der Waals surface area (Å²) in [6.45, 7) is 4.48. The average Bonchev–Trinajstić information content (AvgIpc) is 3.76. The molecule has 1 saturated heterocycles. The maximum absolute atomic E-state index is 11.2. The number of ether oxygens (including phenoxy) is 1. The Morgan fingerprint density at radius 2 is 1.97 bits per heavy atom. The van der Waals surface area contributed by atoms with E-state index in [0.29, 0.717) is 30.7 Å². The summed E-state index contributed by atoms with van der Waals surface area (Å²) in [6, 6.07) is 9.80. The smallest absolute Gasteiger partial charge is 0.170 e. The Balaban J connectivity index is 1.48. The first kappa shape index (κ1) is 24.7. The van der Waals surface area contributed by atoms with Gasteiger partial charge < -0.3 is 25.4 Å². The highest BCUT2D eigenvalue weighted by atomic mass is 32.3. The topological polar surface area (TPSA) is 123 Å². The fraction of sp³-hybridized carbons (Fsp3) is 0.542. The third-order valence-corrected chi connectivity index (χ3v) is 10.3. The molecule has 0 radical (unpaired) electrons. The fourth-order valence-corrected chi connectivity index (χ4v) is 7.37. The fourth-order valence-electron chi connectivity index (χ4n) is 4.60. The molecular formula is C24H33N5O4S2. The lowest BCUT2D eigenvalue weighted by atomic mass is 10.1. The molecule has 0 spiro atoms. The molecule has 2 aromatic rings. The molecule has 3 aliphatic rings. The Labute approximate surface area is 212 Å². The summed E-state index contributed by atoms with van der Waals surface area (Å²) in [5.41, 5.74) is 2.39. The minimum absolute atomic E-state index is 0.00540. The van der Waals surface area contributed by atoms with Crippen molar-refractivity contribution in [2.75, 3.05) is 43.1 Å². The Morgan fingerprint density at radius 1 is 1.23 bits per heavy atom. The van der Waals surface area contributed by atoms with E-state index in [2.05, 4.69) is 22.5 Å². The van der Waals surface area contributed by atoms with Crippen LogP contribution in [0.15, 0.2) is 30.3 Å². The van der Waals surface area contributed by atoms with E-state index < -0.39 is 15.3 Å². The lowest BCUT2D eigenvalue weighted by Crippen LogP contribution is -2.44. The van der Waals surface area contributed by atoms with E-state index in [-0.39, 0.29) is 17.9 Å². The third kappa shape index (κ3) is 4.98. The van der Waals surface area contributed by atoms with Crippen molar-refractivity contribution in [2.45, 2.75) is 48.6 Å². The molecule has 35 heavy (non-hydrogen) atoms. The second-order valence-electron chi connectivity index (χ2n) is 9.52. The SMILES string of the molecule is C[C@H]1COCCN1c1cc(C2(S(O)(O)C3CC3)CC2)nc(-c2ccc(NC(=S)NCCO)cc2)n1. The number of anilines is 2. The molecule has 1 aromatic carbocycles. The lowest BCUT2D eigenvalue weighted by molar-refractivity contribution is 0.0985. The van der Waals surface area contributed by atoms with Crippen LogP contribution in [-0.2, 0) is 9.48 Å². The number of aromatic nitrogens is 2. The van der Waals surface area contributed by atoms with Crippen LogP contribution in [0.25, 0.3) is 11.4 Å². The summed E-state index contributed by atoms with van der Waals surface area (Å²) in [4.78, 5) is 12.0. The quantitative estimate of drug-likeness (QED) is 0.331. The van der Waals surface area contributed by atoms with Crippen LogP contribution >= 0.6 is 22.8 Å². The van der Waals surface area contributed by atoms with Crippen LogP contribution in [0.4, 0.5) is 11.5 Å². The first-order chi connectivity index (χ1) is 16.8. The van der Waals surface area contributed by atoms with Crippen LogP contribution in [0.3, 0.4) is 0 Å². The van der Waals surface area contributed by atoms with E-state index >= 15 is 0 Å². The summed E-state index contributed by atoms with van der Waals surface area (Å²) < 4.78 is 27.4. The molecule has 2 aliphatic carbocycles. The number of thiocarbonyl (C=S) groups is 1. The molecule has 5 rings (SSSR count). The van der Waals surface area contributed by atoms with Crippen molar-refractivity contribution in [2.24, 2.45) is 0 Å². The largest absolute Gasteiger partial charge is 0.395 e. The van der Waals surface area contributed by atoms with Gasteiger partial charge in [0, 0.05) is 35.7 Å². The molecule has 1 atom stereocenters. The van der Waals surface area contributed by atoms with Gasteiger partial charge in [-0.25, -0.2) is 9.97 Å². The zero-order valence-electron chi connectivity index (χ0n) is 19.8. The Kier molecular flexibility index (Phi) is 6.90. The third-order valence-electron chi connectivity index (χ3n) is 6.91. The van der Waals surface area contributed by atoms with Crippen LogP contribution in [0.2, 0.25) is 0 Å².